The van der Waals surface area contributed by atoms with Gasteiger partial charge < -0.3 is 16.0 Å². The number of hydrogen-bond donors (Lipinski definition) is 4. The third kappa shape index (κ3) is 6.12. The fourth-order valence-corrected chi connectivity index (χ4v) is 5.75. The van der Waals surface area contributed by atoms with Crippen LogP contribution in [0, 0.1) is 24.2 Å². The van der Waals surface area contributed by atoms with Crippen LogP contribution in [-0.2, 0) is 4.79 Å². The minimum Gasteiger partial charge on any atom is -0.371 e. The number of nitriles is 1. The Balaban J connectivity index is 1.57. The second-order valence-corrected chi connectivity index (χ2v) is 10.7. The van der Waals surface area contributed by atoms with E-state index in [-0.39, 0.29) is 29.4 Å². The molecule has 5 N–H and O–H groups in total. The lowest BCUT2D eigenvalue weighted by Gasteiger charge is -2.34. The van der Waals surface area contributed by atoms with Gasteiger partial charge in [0.1, 0.15) is 23.3 Å². The van der Waals surface area contributed by atoms with Gasteiger partial charge in [-0.05, 0) is 62.8 Å². The Bertz CT molecular complexity index is 1730. The topological polar surface area (TPSA) is 175 Å². The number of hydroxylamine groups is 1. The average Bonchev–Trinajstić information content (AvgIpc) is 3.02. The van der Waals surface area contributed by atoms with Gasteiger partial charge in [-0.2, -0.15) is 10.2 Å². The van der Waals surface area contributed by atoms with Gasteiger partial charge in [-0.1, -0.05) is 31.2 Å². The number of fused-ring (bicyclic) bond motifs is 1. The van der Waals surface area contributed by atoms with Crippen molar-refractivity contribution in [3.63, 3.8) is 0 Å². The van der Waals surface area contributed by atoms with Gasteiger partial charge >= 0.3 is 0 Å². The lowest BCUT2D eigenvalue weighted by Crippen LogP contribution is -2.36. The van der Waals surface area contributed by atoms with Crippen LogP contribution in [0.15, 0.2) is 53.3 Å². The molecular formula is C31H35N9O3. The van der Waals surface area contributed by atoms with E-state index in [2.05, 4.69) is 26.3 Å². The molecule has 1 saturated heterocycles. The number of aromatic nitrogens is 4. The first-order chi connectivity index (χ1) is 20.8. The Labute approximate surface area is 249 Å². The number of benzene rings is 2. The van der Waals surface area contributed by atoms with Crippen LogP contribution in [0.3, 0.4) is 0 Å². The summed E-state index contributed by atoms with van der Waals surface area (Å²) < 4.78 is 1.64. The Morgan fingerprint density at radius 2 is 1.88 bits per heavy atom. The number of nitrogens with one attached hydrogen (secondary N) is 2. The van der Waals surface area contributed by atoms with Crippen LogP contribution < -0.4 is 27.0 Å². The average molecular weight is 582 g/mol. The first-order valence-corrected chi connectivity index (χ1v) is 14.4. The molecule has 4 aromatic rings. The van der Waals surface area contributed by atoms with E-state index in [1.807, 2.05) is 55.5 Å². The highest BCUT2D eigenvalue weighted by Crippen LogP contribution is 2.32. The standard InChI is InChI=1S/C31H35N9O3/c1-3-23(35-28-22(18-32)19(2)34-31(33)37-28)29-36-24-10-7-11-25(27(24)30(42)40(29)21-8-5-4-6-9-21)39-16-14-20(15-17-39)12-13-26(41)38-43/h4-11,20,23,43H,3,12-17H2,1-2H3,(H,38,41)(H3,33,34,35,37). The highest BCUT2D eigenvalue weighted by molar-refractivity contribution is 5.91. The molecule has 1 unspecified atom stereocenters. The van der Waals surface area contributed by atoms with Gasteiger partial charge in [0.25, 0.3) is 5.56 Å². The van der Waals surface area contributed by atoms with Crippen molar-refractivity contribution >= 4 is 34.3 Å². The Morgan fingerprint density at radius 3 is 2.56 bits per heavy atom. The van der Waals surface area contributed by atoms with Crippen molar-refractivity contribution in [2.75, 3.05) is 29.0 Å². The summed E-state index contributed by atoms with van der Waals surface area (Å²) >= 11 is 0. The molecule has 0 spiro atoms. The quantitative estimate of drug-likeness (QED) is 0.167. The fraction of sp³-hybridized carbons (Fsp3) is 0.355. The number of nitrogen functional groups attached to an aromatic ring is 1. The summed E-state index contributed by atoms with van der Waals surface area (Å²) in [5.41, 5.74) is 10.2. The summed E-state index contributed by atoms with van der Waals surface area (Å²) in [4.78, 5) is 41.7. The molecule has 5 rings (SSSR count). The molecule has 0 radical (unpaired) electrons. The molecule has 3 heterocycles. The SMILES string of the molecule is CCC(Nc1nc(N)nc(C)c1C#N)c1nc2cccc(N3CCC(CCC(=O)NO)CC3)c2c(=O)n1-c1ccccc1. The molecule has 43 heavy (non-hydrogen) atoms. The summed E-state index contributed by atoms with van der Waals surface area (Å²) in [7, 11) is 0. The second kappa shape index (κ2) is 12.9. The predicted octanol–water partition coefficient (Wildman–Crippen LogP) is 4.00. The van der Waals surface area contributed by atoms with Gasteiger partial charge in [0, 0.05) is 19.5 Å². The molecule has 222 valence electrons. The van der Waals surface area contributed by atoms with Gasteiger partial charge in [0.05, 0.1) is 34.0 Å². The van der Waals surface area contributed by atoms with Crippen LogP contribution in [-0.4, -0.2) is 43.7 Å². The number of rotatable bonds is 9. The zero-order valence-electron chi connectivity index (χ0n) is 24.2. The molecule has 2 aromatic heterocycles. The summed E-state index contributed by atoms with van der Waals surface area (Å²) in [5, 5.41) is 22.4. The Hall–Kier alpha value is -5.02. The van der Waals surface area contributed by atoms with Crippen LogP contribution in [0.5, 0.6) is 0 Å². The number of hydrogen-bond acceptors (Lipinski definition) is 10. The number of para-hydroxylation sites is 1. The predicted molar refractivity (Wildman–Crippen MR) is 164 cm³/mol. The third-order valence-corrected chi connectivity index (χ3v) is 8.03. The number of nitrogens with zero attached hydrogens (tertiary/aromatic N) is 6. The number of aryl methyl sites for hydroxylation is 1. The fourth-order valence-electron chi connectivity index (χ4n) is 5.75. The first-order valence-electron chi connectivity index (χ1n) is 14.4. The number of nitrogens with two attached hydrogens (primary N) is 1. The molecular weight excluding hydrogens is 546 g/mol. The monoisotopic (exact) mass is 581 g/mol. The number of piperidine rings is 1. The Morgan fingerprint density at radius 1 is 1.14 bits per heavy atom. The van der Waals surface area contributed by atoms with Crippen molar-refractivity contribution < 1.29 is 10.0 Å². The molecule has 1 atom stereocenters. The van der Waals surface area contributed by atoms with Crippen molar-refractivity contribution in [3.8, 4) is 11.8 Å². The minimum atomic E-state index is -0.478. The van der Waals surface area contributed by atoms with E-state index in [9.17, 15) is 14.9 Å². The summed E-state index contributed by atoms with van der Waals surface area (Å²) in [6.45, 7) is 5.15. The molecule has 0 bridgehead atoms. The van der Waals surface area contributed by atoms with Crippen molar-refractivity contribution in [1.29, 1.82) is 5.26 Å². The highest BCUT2D eigenvalue weighted by atomic mass is 16.5. The van der Waals surface area contributed by atoms with Crippen LogP contribution in [0.1, 0.15) is 62.2 Å². The first kappa shape index (κ1) is 29.5. The molecule has 1 aliphatic heterocycles. The zero-order valence-corrected chi connectivity index (χ0v) is 24.2. The lowest BCUT2D eigenvalue weighted by molar-refractivity contribution is -0.129. The largest absolute Gasteiger partial charge is 0.371 e. The Kier molecular flexibility index (Phi) is 8.82. The molecule has 12 nitrogen and oxygen atoms in total. The third-order valence-electron chi connectivity index (χ3n) is 8.03. The van der Waals surface area contributed by atoms with Crippen LogP contribution in [0.4, 0.5) is 17.5 Å². The minimum absolute atomic E-state index is 0.0471. The van der Waals surface area contributed by atoms with E-state index in [1.54, 1.807) is 17.0 Å². The highest BCUT2D eigenvalue weighted by Gasteiger charge is 2.26. The van der Waals surface area contributed by atoms with Crippen LogP contribution >= 0.6 is 0 Å². The van der Waals surface area contributed by atoms with Crippen molar-refractivity contribution in [3.05, 3.63) is 76.0 Å². The van der Waals surface area contributed by atoms with E-state index in [4.69, 9.17) is 15.9 Å². The van der Waals surface area contributed by atoms with Gasteiger partial charge in [0.2, 0.25) is 11.9 Å². The number of anilines is 3. The van der Waals surface area contributed by atoms with Crippen LogP contribution in [0.25, 0.3) is 16.6 Å². The number of carbonyl (C=O) groups excluding carboxylic acids is 1. The molecule has 1 aliphatic rings. The number of amides is 1. The maximum atomic E-state index is 14.5. The molecule has 0 aliphatic carbocycles. The normalized spacial score (nSPS) is 14.3. The lowest BCUT2D eigenvalue weighted by atomic mass is 9.91. The molecule has 2 aromatic carbocycles. The van der Waals surface area contributed by atoms with Crippen molar-refractivity contribution in [2.24, 2.45) is 5.92 Å². The smallest absolute Gasteiger partial charge is 0.268 e. The van der Waals surface area contributed by atoms with Crippen molar-refractivity contribution in [2.45, 2.75) is 52.0 Å². The zero-order chi connectivity index (χ0) is 30.5. The maximum Gasteiger partial charge on any atom is 0.268 e. The van der Waals surface area contributed by atoms with E-state index < -0.39 is 6.04 Å². The summed E-state index contributed by atoms with van der Waals surface area (Å²) in [6, 6.07) is 16.8. The summed E-state index contributed by atoms with van der Waals surface area (Å²) in [5.74, 6) is 0.820. The number of carbonyl (C=O) groups is 1. The molecule has 1 fully saturated rings. The molecule has 0 saturated carbocycles. The molecule has 12 heteroatoms. The summed E-state index contributed by atoms with van der Waals surface area (Å²) in [6.07, 6.45) is 3.28. The van der Waals surface area contributed by atoms with Crippen LogP contribution in [0.2, 0.25) is 0 Å². The van der Waals surface area contributed by atoms with Gasteiger partial charge in [-0.3, -0.25) is 19.4 Å². The maximum absolute atomic E-state index is 14.5. The van der Waals surface area contributed by atoms with E-state index in [0.29, 0.717) is 52.7 Å². The van der Waals surface area contributed by atoms with E-state index in [0.717, 1.165) is 31.6 Å². The van der Waals surface area contributed by atoms with E-state index in [1.165, 1.54) is 0 Å². The van der Waals surface area contributed by atoms with Gasteiger partial charge in [0.15, 0.2) is 0 Å². The van der Waals surface area contributed by atoms with Gasteiger partial charge in [-0.25, -0.2) is 15.4 Å². The second-order valence-electron chi connectivity index (χ2n) is 10.7. The molecule has 1 amide bonds. The van der Waals surface area contributed by atoms with Crippen molar-refractivity contribution in [1.82, 2.24) is 25.0 Å². The van der Waals surface area contributed by atoms with E-state index >= 15 is 0 Å². The van der Waals surface area contributed by atoms with Gasteiger partial charge in [-0.15, -0.1) is 0 Å².